The molecule has 17 heavy (non-hydrogen) atoms. The van der Waals surface area contributed by atoms with Gasteiger partial charge in [0.05, 0.1) is 5.56 Å². The van der Waals surface area contributed by atoms with E-state index >= 15 is 0 Å². The smallest absolute Gasteiger partial charge is 0.343 e. The highest BCUT2D eigenvalue weighted by Gasteiger charge is 2.13. The van der Waals surface area contributed by atoms with E-state index in [-0.39, 0.29) is 5.75 Å². The van der Waals surface area contributed by atoms with Gasteiger partial charge in [0.1, 0.15) is 11.5 Å². The van der Waals surface area contributed by atoms with Gasteiger partial charge in [-0.25, -0.2) is 4.79 Å². The fourth-order valence-corrected chi connectivity index (χ4v) is 1.50. The summed E-state index contributed by atoms with van der Waals surface area (Å²) in [7, 11) is 0. The highest BCUT2D eigenvalue weighted by Crippen LogP contribution is 2.21. The van der Waals surface area contributed by atoms with E-state index in [4.69, 9.17) is 4.74 Å². The van der Waals surface area contributed by atoms with Crippen LogP contribution in [0.15, 0.2) is 48.5 Å². The van der Waals surface area contributed by atoms with E-state index < -0.39 is 5.97 Å². The number of esters is 1. The molecule has 86 valence electrons. The van der Waals surface area contributed by atoms with Crippen molar-refractivity contribution in [3.8, 4) is 11.5 Å². The zero-order valence-electron chi connectivity index (χ0n) is 9.38. The first-order valence-corrected chi connectivity index (χ1v) is 5.24. The first kappa shape index (κ1) is 11.2. The third kappa shape index (κ3) is 2.45. The summed E-state index contributed by atoms with van der Waals surface area (Å²) < 4.78 is 5.19. The molecule has 0 atom stereocenters. The van der Waals surface area contributed by atoms with E-state index in [1.165, 1.54) is 6.07 Å². The van der Waals surface area contributed by atoms with Crippen LogP contribution in [0.1, 0.15) is 15.9 Å². The van der Waals surface area contributed by atoms with Gasteiger partial charge in [-0.1, -0.05) is 24.3 Å². The highest BCUT2D eigenvalue weighted by molar-refractivity contribution is 5.93. The lowest BCUT2D eigenvalue weighted by Crippen LogP contribution is -2.10. The molecule has 0 aliphatic heterocycles. The number of benzene rings is 2. The van der Waals surface area contributed by atoms with Crippen LogP contribution < -0.4 is 4.74 Å². The van der Waals surface area contributed by atoms with Gasteiger partial charge in [0.25, 0.3) is 0 Å². The summed E-state index contributed by atoms with van der Waals surface area (Å²) in [5.41, 5.74) is 0.891. The van der Waals surface area contributed by atoms with E-state index in [0.717, 1.165) is 0 Å². The molecular weight excluding hydrogens is 216 g/mol. The number of carbonyl (C=O) groups is 1. The van der Waals surface area contributed by atoms with Crippen LogP contribution in [0.5, 0.6) is 11.5 Å². The van der Waals surface area contributed by atoms with Crippen molar-refractivity contribution in [3.63, 3.8) is 0 Å². The predicted molar refractivity (Wildman–Crippen MR) is 64.2 cm³/mol. The van der Waals surface area contributed by atoms with Gasteiger partial charge in [0, 0.05) is 5.56 Å². The molecule has 0 unspecified atom stereocenters. The molecule has 3 heteroatoms. The van der Waals surface area contributed by atoms with E-state index in [1.54, 1.807) is 43.3 Å². The van der Waals surface area contributed by atoms with Crippen LogP contribution in [0.2, 0.25) is 0 Å². The van der Waals surface area contributed by atoms with Crippen molar-refractivity contribution in [2.45, 2.75) is 6.92 Å². The van der Waals surface area contributed by atoms with Gasteiger partial charge >= 0.3 is 5.97 Å². The van der Waals surface area contributed by atoms with Gasteiger partial charge in [0.2, 0.25) is 0 Å². The van der Waals surface area contributed by atoms with Crippen molar-refractivity contribution >= 4 is 5.97 Å². The minimum Gasteiger partial charge on any atom is -0.508 e. The van der Waals surface area contributed by atoms with Crippen molar-refractivity contribution in [2.75, 3.05) is 0 Å². The first-order valence-electron chi connectivity index (χ1n) is 5.24. The van der Waals surface area contributed by atoms with Crippen LogP contribution in [0, 0.1) is 6.92 Å². The number of rotatable bonds is 2. The maximum absolute atomic E-state index is 11.9. The number of para-hydroxylation sites is 1. The molecule has 0 radical (unpaired) electrons. The quantitative estimate of drug-likeness (QED) is 0.635. The third-order valence-electron chi connectivity index (χ3n) is 2.48. The van der Waals surface area contributed by atoms with Gasteiger partial charge in [-0.15, -0.1) is 0 Å². The average Bonchev–Trinajstić information content (AvgIpc) is 2.34. The van der Waals surface area contributed by atoms with E-state index in [2.05, 4.69) is 0 Å². The molecule has 0 aliphatic carbocycles. The topological polar surface area (TPSA) is 46.5 Å². The van der Waals surface area contributed by atoms with E-state index in [9.17, 15) is 9.90 Å². The SMILES string of the molecule is Cc1c(O)cccc1C(=O)Oc1ccccc1. The Bertz CT molecular complexity index is 532. The molecular formula is C14H12O3. The van der Waals surface area contributed by atoms with Crippen LogP contribution in [0.3, 0.4) is 0 Å². The Morgan fingerprint density at radius 2 is 1.76 bits per heavy atom. The summed E-state index contributed by atoms with van der Waals surface area (Å²) in [4.78, 5) is 11.9. The number of phenolic OH excluding ortho intramolecular Hbond substituents is 1. The maximum Gasteiger partial charge on any atom is 0.343 e. The van der Waals surface area contributed by atoms with Crippen molar-refractivity contribution < 1.29 is 14.6 Å². The number of hydrogen-bond donors (Lipinski definition) is 1. The lowest BCUT2D eigenvalue weighted by Gasteiger charge is -2.07. The zero-order valence-corrected chi connectivity index (χ0v) is 9.38. The second-order valence-electron chi connectivity index (χ2n) is 3.65. The fraction of sp³-hybridized carbons (Fsp3) is 0.0714. The molecule has 3 nitrogen and oxygen atoms in total. The molecule has 0 fully saturated rings. The summed E-state index contributed by atoms with van der Waals surface area (Å²) >= 11 is 0. The lowest BCUT2D eigenvalue weighted by molar-refractivity contribution is 0.0733. The van der Waals surface area contributed by atoms with Crippen molar-refractivity contribution in [2.24, 2.45) is 0 Å². The second kappa shape index (κ2) is 4.70. The van der Waals surface area contributed by atoms with Crippen LogP contribution in [-0.4, -0.2) is 11.1 Å². The molecule has 0 bridgehead atoms. The monoisotopic (exact) mass is 228 g/mol. The van der Waals surface area contributed by atoms with E-state index in [1.807, 2.05) is 6.07 Å². The Hall–Kier alpha value is -2.29. The maximum atomic E-state index is 11.9. The second-order valence-corrected chi connectivity index (χ2v) is 3.65. The molecule has 0 spiro atoms. The average molecular weight is 228 g/mol. The zero-order chi connectivity index (χ0) is 12.3. The Labute approximate surface area is 99.3 Å². The fourth-order valence-electron chi connectivity index (χ4n) is 1.50. The molecule has 2 rings (SSSR count). The molecule has 0 aromatic heterocycles. The molecule has 0 amide bonds. The number of phenols is 1. The Balaban J connectivity index is 2.24. The van der Waals surface area contributed by atoms with Gasteiger partial charge in [-0.3, -0.25) is 0 Å². The summed E-state index contributed by atoms with van der Waals surface area (Å²) in [5, 5.41) is 9.51. The van der Waals surface area contributed by atoms with Gasteiger partial charge in [-0.05, 0) is 31.2 Å². The standard InChI is InChI=1S/C14H12O3/c1-10-12(8-5-9-13(10)15)14(16)17-11-6-3-2-4-7-11/h2-9,15H,1H3. The summed E-state index contributed by atoms with van der Waals surface area (Å²) in [6.07, 6.45) is 0. The Morgan fingerprint density at radius 1 is 1.06 bits per heavy atom. The minimum absolute atomic E-state index is 0.0903. The molecule has 0 saturated carbocycles. The number of hydrogen-bond acceptors (Lipinski definition) is 3. The molecule has 1 N–H and O–H groups in total. The minimum atomic E-state index is -0.468. The summed E-state index contributed by atoms with van der Waals surface area (Å²) in [6.45, 7) is 1.68. The Kier molecular flexibility index (Phi) is 3.10. The molecule has 2 aromatic rings. The molecule has 0 aliphatic rings. The van der Waals surface area contributed by atoms with Gasteiger partial charge in [0.15, 0.2) is 0 Å². The third-order valence-corrected chi connectivity index (χ3v) is 2.48. The molecule has 0 heterocycles. The molecule has 2 aromatic carbocycles. The van der Waals surface area contributed by atoms with Crippen molar-refractivity contribution in [1.82, 2.24) is 0 Å². The number of carbonyl (C=O) groups excluding carboxylic acids is 1. The summed E-state index contributed by atoms with van der Waals surface area (Å²) in [6, 6.07) is 13.6. The Morgan fingerprint density at radius 3 is 2.47 bits per heavy atom. The molecule has 0 saturated heterocycles. The van der Waals surface area contributed by atoms with Gasteiger partial charge in [-0.2, -0.15) is 0 Å². The number of aromatic hydroxyl groups is 1. The highest BCUT2D eigenvalue weighted by atomic mass is 16.5. The van der Waals surface area contributed by atoms with Crippen LogP contribution in [-0.2, 0) is 0 Å². The predicted octanol–water partition coefficient (Wildman–Crippen LogP) is 2.92. The largest absolute Gasteiger partial charge is 0.508 e. The normalized spacial score (nSPS) is 9.94. The van der Waals surface area contributed by atoms with E-state index in [0.29, 0.717) is 16.9 Å². The van der Waals surface area contributed by atoms with Crippen LogP contribution in [0.4, 0.5) is 0 Å². The summed E-state index contributed by atoms with van der Waals surface area (Å²) in [5.74, 6) is 0.109. The van der Waals surface area contributed by atoms with Crippen LogP contribution in [0.25, 0.3) is 0 Å². The number of ether oxygens (including phenoxy) is 1. The lowest BCUT2D eigenvalue weighted by atomic mass is 10.1. The van der Waals surface area contributed by atoms with Crippen LogP contribution >= 0.6 is 0 Å². The van der Waals surface area contributed by atoms with Crippen molar-refractivity contribution in [3.05, 3.63) is 59.7 Å². The van der Waals surface area contributed by atoms with Gasteiger partial charge < -0.3 is 9.84 Å². The first-order chi connectivity index (χ1) is 8.18. The van der Waals surface area contributed by atoms with Crippen molar-refractivity contribution in [1.29, 1.82) is 0 Å².